The van der Waals surface area contributed by atoms with E-state index < -0.39 is 36.1 Å². The fourth-order valence-corrected chi connectivity index (χ4v) is 2.60. The van der Waals surface area contributed by atoms with Gasteiger partial charge in [0, 0.05) is 54.8 Å². The highest BCUT2D eigenvalue weighted by Crippen LogP contribution is 2.27. The number of halogens is 5. The molecule has 2 aromatic heterocycles. The number of pyridine rings is 1. The van der Waals surface area contributed by atoms with Crippen molar-refractivity contribution in [3.63, 3.8) is 0 Å². The molecule has 3 rings (SSSR count). The van der Waals surface area contributed by atoms with E-state index in [0.29, 0.717) is 0 Å². The van der Waals surface area contributed by atoms with Crippen molar-refractivity contribution in [2.45, 2.75) is 31.4 Å². The van der Waals surface area contributed by atoms with Gasteiger partial charge in [0.1, 0.15) is 6.17 Å². The van der Waals surface area contributed by atoms with Crippen molar-refractivity contribution in [1.29, 1.82) is 0 Å². The van der Waals surface area contributed by atoms with E-state index in [4.69, 9.17) is 0 Å². The Bertz CT molecular complexity index is 827. The van der Waals surface area contributed by atoms with Crippen LogP contribution in [0.25, 0.3) is 11.1 Å². The highest BCUT2D eigenvalue weighted by atomic mass is 19.4. The summed E-state index contributed by atoms with van der Waals surface area (Å²) in [6, 6.07) is 0.636. The van der Waals surface area contributed by atoms with Gasteiger partial charge in [0.2, 0.25) is 17.7 Å². The van der Waals surface area contributed by atoms with Crippen LogP contribution in [0.15, 0.2) is 24.7 Å². The van der Waals surface area contributed by atoms with Gasteiger partial charge in [-0.1, -0.05) is 0 Å². The van der Waals surface area contributed by atoms with Crippen LogP contribution in [0, 0.1) is 5.95 Å². The first kappa shape index (κ1) is 19.1. The number of alkyl halides is 4. The molecule has 1 saturated heterocycles. The van der Waals surface area contributed by atoms with Crippen molar-refractivity contribution in [2.75, 3.05) is 6.54 Å². The summed E-state index contributed by atoms with van der Waals surface area (Å²) in [5, 5.41) is 5.19. The molecule has 27 heavy (non-hydrogen) atoms. The number of hydrogen-bond donors (Lipinski definition) is 2. The Kier molecular flexibility index (Phi) is 5.31. The molecule has 0 radical (unpaired) electrons. The molecule has 0 spiro atoms. The molecule has 11 heteroatoms. The molecule has 2 aromatic rings. The maximum atomic E-state index is 13.9. The largest absolute Gasteiger partial charge is 0.451 e. The van der Waals surface area contributed by atoms with Gasteiger partial charge in [-0.2, -0.15) is 17.6 Å². The second kappa shape index (κ2) is 7.51. The van der Waals surface area contributed by atoms with E-state index in [2.05, 4.69) is 25.6 Å². The SMILES string of the molecule is O=C(NCc1cc(-c2cnc(C(F)(F)F)nc2)cnc1F)[C@@H]1C[C@@H](F)CN1. The van der Waals surface area contributed by atoms with Crippen molar-refractivity contribution in [3.05, 3.63) is 42.0 Å². The molecule has 0 aromatic carbocycles. The molecule has 1 amide bonds. The summed E-state index contributed by atoms with van der Waals surface area (Å²) >= 11 is 0. The maximum absolute atomic E-state index is 13.9. The van der Waals surface area contributed by atoms with E-state index in [-0.39, 0.29) is 36.2 Å². The van der Waals surface area contributed by atoms with Gasteiger partial charge < -0.3 is 10.6 Å². The van der Waals surface area contributed by atoms with Crippen molar-refractivity contribution in [2.24, 2.45) is 0 Å². The van der Waals surface area contributed by atoms with Gasteiger partial charge in [-0.15, -0.1) is 0 Å². The monoisotopic (exact) mass is 387 g/mol. The first-order valence-corrected chi connectivity index (χ1v) is 7.93. The fourth-order valence-electron chi connectivity index (χ4n) is 2.60. The molecule has 3 heterocycles. The van der Waals surface area contributed by atoms with Crippen molar-refractivity contribution < 1.29 is 26.7 Å². The summed E-state index contributed by atoms with van der Waals surface area (Å²) < 4.78 is 64.5. The van der Waals surface area contributed by atoms with E-state index in [0.717, 1.165) is 18.6 Å². The number of carbonyl (C=O) groups is 1. The molecule has 1 aliphatic rings. The van der Waals surface area contributed by atoms with Crippen molar-refractivity contribution in [1.82, 2.24) is 25.6 Å². The van der Waals surface area contributed by atoms with Gasteiger partial charge in [-0.3, -0.25) is 4.79 Å². The summed E-state index contributed by atoms with van der Waals surface area (Å²) in [6.07, 6.45) is -2.70. The Balaban J connectivity index is 1.71. The fraction of sp³-hybridized carbons (Fsp3) is 0.375. The average Bonchev–Trinajstić information content (AvgIpc) is 3.07. The predicted molar refractivity (Wildman–Crippen MR) is 83.4 cm³/mol. The molecular weight excluding hydrogens is 373 g/mol. The molecule has 0 saturated carbocycles. The molecule has 0 unspecified atom stereocenters. The van der Waals surface area contributed by atoms with Crippen LogP contribution in [0.2, 0.25) is 0 Å². The number of aromatic nitrogens is 3. The third-order valence-electron chi connectivity index (χ3n) is 4.00. The van der Waals surface area contributed by atoms with E-state index >= 15 is 0 Å². The van der Waals surface area contributed by atoms with Crippen molar-refractivity contribution >= 4 is 5.91 Å². The van der Waals surface area contributed by atoms with E-state index in [9.17, 15) is 26.7 Å². The molecule has 2 atom stereocenters. The van der Waals surface area contributed by atoms with Crippen LogP contribution in [0.5, 0.6) is 0 Å². The van der Waals surface area contributed by atoms with E-state index in [1.54, 1.807) is 0 Å². The van der Waals surface area contributed by atoms with Crippen LogP contribution in [0.3, 0.4) is 0 Å². The Morgan fingerprint density at radius 3 is 2.44 bits per heavy atom. The summed E-state index contributed by atoms with van der Waals surface area (Å²) in [7, 11) is 0. The number of amides is 1. The van der Waals surface area contributed by atoms with Crippen LogP contribution in [0.4, 0.5) is 22.0 Å². The summed E-state index contributed by atoms with van der Waals surface area (Å²) in [5.41, 5.74) is 0.522. The van der Waals surface area contributed by atoms with Crippen molar-refractivity contribution in [3.8, 4) is 11.1 Å². The van der Waals surface area contributed by atoms with Gasteiger partial charge in [-0.05, 0) is 6.07 Å². The quantitative estimate of drug-likeness (QED) is 0.620. The number of hydrogen-bond acceptors (Lipinski definition) is 5. The van der Waals surface area contributed by atoms with Crippen LogP contribution >= 0.6 is 0 Å². The van der Waals surface area contributed by atoms with E-state index in [1.807, 2.05) is 0 Å². The highest BCUT2D eigenvalue weighted by molar-refractivity contribution is 5.82. The van der Waals surface area contributed by atoms with E-state index in [1.165, 1.54) is 6.07 Å². The highest BCUT2D eigenvalue weighted by Gasteiger charge is 2.34. The number of nitrogens with zero attached hydrogens (tertiary/aromatic N) is 3. The zero-order valence-electron chi connectivity index (χ0n) is 13.7. The number of carbonyl (C=O) groups excluding carboxylic acids is 1. The Hall–Kier alpha value is -2.69. The molecule has 2 N–H and O–H groups in total. The molecular formula is C16H14F5N5O. The Morgan fingerprint density at radius 1 is 1.19 bits per heavy atom. The first-order chi connectivity index (χ1) is 12.7. The average molecular weight is 387 g/mol. The second-order valence-electron chi connectivity index (χ2n) is 5.98. The molecule has 0 bridgehead atoms. The Labute approximate surface area is 150 Å². The maximum Gasteiger partial charge on any atom is 0.451 e. The lowest BCUT2D eigenvalue weighted by Crippen LogP contribution is -2.40. The predicted octanol–water partition coefficient (Wildman–Crippen LogP) is 2.01. The number of nitrogens with one attached hydrogen (secondary N) is 2. The zero-order chi connectivity index (χ0) is 19.6. The minimum atomic E-state index is -4.66. The summed E-state index contributed by atoms with van der Waals surface area (Å²) in [4.78, 5) is 22.0. The standard InChI is InChI=1S/C16H14F5N5O/c17-11-2-12(22-7-11)14(27)24-4-9-1-8(3-23-13(9)18)10-5-25-15(26-6-10)16(19,20)21/h1,3,5-6,11-12,22H,2,4,7H2,(H,24,27)/t11-,12+/m1/s1. The van der Waals surface area contributed by atoms with Gasteiger partial charge in [0.05, 0.1) is 6.04 Å². The Morgan fingerprint density at radius 2 is 1.85 bits per heavy atom. The smallest absolute Gasteiger partial charge is 0.350 e. The topological polar surface area (TPSA) is 79.8 Å². The molecule has 1 fully saturated rings. The minimum Gasteiger partial charge on any atom is -0.350 e. The summed E-state index contributed by atoms with van der Waals surface area (Å²) in [6.45, 7) is -0.125. The zero-order valence-corrected chi connectivity index (χ0v) is 13.7. The third-order valence-corrected chi connectivity index (χ3v) is 4.00. The van der Waals surface area contributed by atoms with Gasteiger partial charge in [-0.25, -0.2) is 19.3 Å². The third kappa shape index (κ3) is 4.54. The molecule has 144 valence electrons. The lowest BCUT2D eigenvalue weighted by Gasteiger charge is -2.12. The minimum absolute atomic E-state index is 0.0237. The second-order valence-corrected chi connectivity index (χ2v) is 5.98. The number of rotatable bonds is 4. The lowest BCUT2D eigenvalue weighted by atomic mass is 10.1. The van der Waals surface area contributed by atoms with Gasteiger partial charge in [0.25, 0.3) is 0 Å². The van der Waals surface area contributed by atoms with Gasteiger partial charge >= 0.3 is 6.18 Å². The van der Waals surface area contributed by atoms with Gasteiger partial charge in [0.15, 0.2) is 0 Å². The van der Waals surface area contributed by atoms with Crippen LogP contribution in [0.1, 0.15) is 17.8 Å². The summed E-state index contributed by atoms with van der Waals surface area (Å²) in [5.74, 6) is -2.60. The normalized spacial score (nSPS) is 19.9. The van der Waals surface area contributed by atoms with Crippen LogP contribution in [-0.4, -0.2) is 39.6 Å². The molecule has 6 nitrogen and oxygen atoms in total. The molecule has 0 aliphatic carbocycles. The lowest BCUT2D eigenvalue weighted by molar-refractivity contribution is -0.145. The molecule has 1 aliphatic heterocycles. The first-order valence-electron chi connectivity index (χ1n) is 7.93. The van der Waals surface area contributed by atoms with Crippen LogP contribution < -0.4 is 10.6 Å². The van der Waals surface area contributed by atoms with Crippen LogP contribution in [-0.2, 0) is 17.5 Å².